The molecule has 3 heterocycles. The Morgan fingerprint density at radius 3 is 3.17 bits per heavy atom. The minimum absolute atomic E-state index is 0.00793. The first-order valence-corrected chi connectivity index (χ1v) is 8.99. The number of carbonyl (C=O) groups is 1. The second-order valence-electron chi connectivity index (χ2n) is 6.11. The number of benzene rings is 1. The summed E-state index contributed by atoms with van der Waals surface area (Å²) in [4.78, 5) is 17.2. The number of amides is 1. The number of anilines is 1. The Morgan fingerprint density at radius 2 is 2.29 bits per heavy atom. The van der Waals surface area contributed by atoms with Gasteiger partial charge in [-0.15, -0.1) is 11.3 Å². The molecule has 1 unspecified atom stereocenters. The number of hydrogen-bond donors (Lipinski definition) is 3. The summed E-state index contributed by atoms with van der Waals surface area (Å²) in [5.74, 6) is 0.714. The topological polar surface area (TPSA) is 82.7 Å². The molecule has 0 saturated carbocycles. The van der Waals surface area contributed by atoms with Crippen LogP contribution in [-0.2, 0) is 12.8 Å². The summed E-state index contributed by atoms with van der Waals surface area (Å²) in [5.41, 5.74) is 2.59. The van der Waals surface area contributed by atoms with E-state index in [-0.39, 0.29) is 11.9 Å². The predicted molar refractivity (Wildman–Crippen MR) is 95.7 cm³/mol. The van der Waals surface area contributed by atoms with E-state index in [0.717, 1.165) is 47.7 Å². The summed E-state index contributed by atoms with van der Waals surface area (Å²) >= 11 is 1.68. The van der Waals surface area contributed by atoms with E-state index in [9.17, 15) is 4.79 Å². The molecule has 1 amide bonds. The Balaban J connectivity index is 1.44. The highest BCUT2D eigenvalue weighted by Gasteiger charge is 2.22. The average molecular weight is 341 g/mol. The van der Waals surface area contributed by atoms with Crippen LogP contribution in [-0.4, -0.2) is 33.7 Å². The first-order chi connectivity index (χ1) is 11.7. The maximum Gasteiger partial charge on any atom is 0.269 e. The summed E-state index contributed by atoms with van der Waals surface area (Å²) in [6.45, 7) is 2.91. The van der Waals surface area contributed by atoms with Gasteiger partial charge in [-0.3, -0.25) is 9.89 Å². The molecule has 0 fully saturated rings. The molecule has 24 heavy (non-hydrogen) atoms. The number of H-pyrrole nitrogens is 1. The fourth-order valence-corrected chi connectivity index (χ4v) is 4.13. The van der Waals surface area contributed by atoms with E-state index in [0.29, 0.717) is 5.69 Å². The number of aromatic nitrogens is 3. The fraction of sp³-hybridized carbons (Fsp3) is 0.353. The van der Waals surface area contributed by atoms with Gasteiger partial charge in [0.2, 0.25) is 0 Å². The van der Waals surface area contributed by atoms with E-state index >= 15 is 0 Å². The molecule has 3 N–H and O–H groups in total. The Kier molecular flexibility index (Phi) is 3.93. The molecule has 1 aliphatic heterocycles. The molecule has 2 aromatic heterocycles. The Hall–Kier alpha value is -2.41. The predicted octanol–water partition coefficient (Wildman–Crippen LogP) is 2.74. The molecule has 4 rings (SSSR count). The van der Waals surface area contributed by atoms with Gasteiger partial charge in [0, 0.05) is 24.6 Å². The molecule has 1 aliphatic rings. The number of thiazole rings is 1. The summed E-state index contributed by atoms with van der Waals surface area (Å²) in [6, 6.07) is 8.11. The maximum absolute atomic E-state index is 12.5. The van der Waals surface area contributed by atoms with Crippen molar-refractivity contribution < 1.29 is 4.79 Å². The molecule has 1 aromatic carbocycles. The number of nitrogens with one attached hydrogen (secondary N) is 3. The van der Waals surface area contributed by atoms with Crippen LogP contribution in [0.15, 0.2) is 24.3 Å². The summed E-state index contributed by atoms with van der Waals surface area (Å²) in [7, 11) is 0. The van der Waals surface area contributed by atoms with Crippen molar-refractivity contribution in [2.24, 2.45) is 0 Å². The SMILES string of the molecule is CC(Cc1nc2ccccc2s1)NC(=O)c1[nH]nc2c1CCCN2. The highest BCUT2D eigenvalue weighted by atomic mass is 32.1. The van der Waals surface area contributed by atoms with Crippen molar-refractivity contribution in [1.82, 2.24) is 20.5 Å². The summed E-state index contributed by atoms with van der Waals surface area (Å²) in [5, 5.41) is 14.4. The Bertz CT molecular complexity index is 851. The number of hydrogen-bond acceptors (Lipinski definition) is 5. The van der Waals surface area contributed by atoms with Crippen molar-refractivity contribution in [2.75, 3.05) is 11.9 Å². The minimum Gasteiger partial charge on any atom is -0.368 e. The van der Waals surface area contributed by atoms with Crippen molar-refractivity contribution in [1.29, 1.82) is 0 Å². The van der Waals surface area contributed by atoms with E-state index in [1.54, 1.807) is 11.3 Å². The van der Waals surface area contributed by atoms with Gasteiger partial charge >= 0.3 is 0 Å². The van der Waals surface area contributed by atoms with Crippen LogP contribution in [0.3, 0.4) is 0 Å². The number of rotatable bonds is 4. The molecular formula is C17H19N5OS. The lowest BCUT2D eigenvalue weighted by Gasteiger charge is -2.15. The first-order valence-electron chi connectivity index (χ1n) is 8.17. The minimum atomic E-state index is -0.0962. The molecule has 0 bridgehead atoms. The molecule has 1 atom stereocenters. The van der Waals surface area contributed by atoms with Gasteiger partial charge < -0.3 is 10.6 Å². The van der Waals surface area contributed by atoms with Gasteiger partial charge in [-0.05, 0) is 31.9 Å². The van der Waals surface area contributed by atoms with Gasteiger partial charge in [-0.1, -0.05) is 12.1 Å². The lowest BCUT2D eigenvalue weighted by atomic mass is 10.1. The van der Waals surface area contributed by atoms with Crippen LogP contribution < -0.4 is 10.6 Å². The highest BCUT2D eigenvalue weighted by molar-refractivity contribution is 7.18. The lowest BCUT2D eigenvalue weighted by Crippen LogP contribution is -2.35. The lowest BCUT2D eigenvalue weighted by molar-refractivity contribution is 0.0934. The zero-order valence-corrected chi connectivity index (χ0v) is 14.2. The largest absolute Gasteiger partial charge is 0.368 e. The van der Waals surface area contributed by atoms with Crippen LogP contribution in [0.25, 0.3) is 10.2 Å². The third-order valence-corrected chi connectivity index (χ3v) is 5.25. The number of aromatic amines is 1. The van der Waals surface area contributed by atoms with Crippen LogP contribution in [0.5, 0.6) is 0 Å². The van der Waals surface area contributed by atoms with Crippen LogP contribution >= 0.6 is 11.3 Å². The van der Waals surface area contributed by atoms with Gasteiger partial charge in [-0.25, -0.2) is 4.98 Å². The maximum atomic E-state index is 12.5. The van der Waals surface area contributed by atoms with Gasteiger partial charge in [0.1, 0.15) is 5.69 Å². The number of carbonyl (C=O) groups excluding carboxylic acids is 1. The average Bonchev–Trinajstić information content (AvgIpc) is 3.17. The van der Waals surface area contributed by atoms with Crippen molar-refractivity contribution in [3.63, 3.8) is 0 Å². The van der Waals surface area contributed by atoms with E-state index in [1.165, 1.54) is 4.70 Å². The van der Waals surface area contributed by atoms with Gasteiger partial charge in [0.25, 0.3) is 5.91 Å². The second-order valence-corrected chi connectivity index (χ2v) is 7.23. The summed E-state index contributed by atoms with van der Waals surface area (Å²) < 4.78 is 1.18. The van der Waals surface area contributed by atoms with Gasteiger partial charge in [0.05, 0.1) is 15.2 Å². The molecule has 6 nitrogen and oxygen atoms in total. The van der Waals surface area contributed by atoms with Gasteiger partial charge in [0.15, 0.2) is 5.82 Å². The van der Waals surface area contributed by atoms with E-state index in [1.807, 2.05) is 25.1 Å². The second kappa shape index (κ2) is 6.24. The molecule has 0 spiro atoms. The molecule has 7 heteroatoms. The third kappa shape index (κ3) is 2.87. The Morgan fingerprint density at radius 1 is 1.42 bits per heavy atom. The number of fused-ring (bicyclic) bond motifs is 2. The smallest absolute Gasteiger partial charge is 0.269 e. The zero-order valence-electron chi connectivity index (χ0n) is 13.4. The van der Waals surface area contributed by atoms with Crippen molar-refractivity contribution in [2.45, 2.75) is 32.2 Å². The standard InChI is InChI=1S/C17H19N5OS/c1-10(9-14-20-12-6-2-3-7-13(12)24-14)19-17(23)15-11-5-4-8-18-16(11)22-21-15/h2-3,6-7,10H,4-5,8-9H2,1H3,(H,19,23)(H2,18,21,22). The normalized spacial score (nSPS) is 14.9. The van der Waals surface area contributed by atoms with Crippen LogP contribution in [0.4, 0.5) is 5.82 Å². The molecule has 0 saturated heterocycles. The summed E-state index contributed by atoms with van der Waals surface area (Å²) in [6.07, 6.45) is 2.63. The third-order valence-electron chi connectivity index (χ3n) is 4.19. The molecule has 0 aliphatic carbocycles. The van der Waals surface area contributed by atoms with Crippen LogP contribution in [0, 0.1) is 0 Å². The van der Waals surface area contributed by atoms with Gasteiger partial charge in [-0.2, -0.15) is 5.10 Å². The fourth-order valence-electron chi connectivity index (χ4n) is 3.03. The quantitative estimate of drug-likeness (QED) is 0.681. The van der Waals surface area contributed by atoms with Crippen molar-refractivity contribution >= 4 is 33.3 Å². The van der Waals surface area contributed by atoms with E-state index in [4.69, 9.17) is 0 Å². The molecular weight excluding hydrogens is 322 g/mol. The highest BCUT2D eigenvalue weighted by Crippen LogP contribution is 2.24. The molecule has 0 radical (unpaired) electrons. The molecule has 124 valence electrons. The zero-order chi connectivity index (χ0) is 16.5. The Labute approximate surface area is 143 Å². The van der Waals surface area contributed by atoms with E-state index in [2.05, 4.69) is 31.9 Å². The number of nitrogens with zero attached hydrogens (tertiary/aromatic N) is 2. The monoisotopic (exact) mass is 341 g/mol. The number of para-hydroxylation sites is 1. The van der Waals surface area contributed by atoms with Crippen LogP contribution in [0.1, 0.15) is 34.4 Å². The first kappa shape index (κ1) is 15.1. The van der Waals surface area contributed by atoms with E-state index < -0.39 is 0 Å². The van der Waals surface area contributed by atoms with Crippen LogP contribution in [0.2, 0.25) is 0 Å². The van der Waals surface area contributed by atoms with Crippen molar-refractivity contribution in [3.8, 4) is 0 Å². The van der Waals surface area contributed by atoms with Crippen molar-refractivity contribution in [3.05, 3.63) is 40.5 Å². The molecule has 3 aromatic rings.